The molecule has 156 valence electrons. The SMILES string of the molecule is Cn1c(C2CCN(C(=O)c3ccccc3CC3CCNC3)CC2)nc2ccccc21. The number of rotatable bonds is 4. The number of carbonyl (C=O) groups excluding carboxylic acids is 1. The van der Waals surface area contributed by atoms with Gasteiger partial charge < -0.3 is 14.8 Å². The lowest BCUT2D eigenvalue weighted by molar-refractivity contribution is 0.0709. The summed E-state index contributed by atoms with van der Waals surface area (Å²) >= 11 is 0. The minimum absolute atomic E-state index is 0.194. The molecule has 1 aromatic heterocycles. The largest absolute Gasteiger partial charge is 0.339 e. The maximum atomic E-state index is 13.3. The molecule has 2 fully saturated rings. The van der Waals surface area contributed by atoms with Crippen molar-refractivity contribution < 1.29 is 4.79 Å². The minimum Gasteiger partial charge on any atom is -0.339 e. The summed E-state index contributed by atoms with van der Waals surface area (Å²) in [5.74, 6) is 2.39. The van der Waals surface area contributed by atoms with Gasteiger partial charge in [0.05, 0.1) is 11.0 Å². The van der Waals surface area contributed by atoms with Crippen LogP contribution in [0, 0.1) is 5.92 Å². The molecule has 3 heterocycles. The van der Waals surface area contributed by atoms with Crippen LogP contribution in [0.25, 0.3) is 11.0 Å². The van der Waals surface area contributed by atoms with Crippen LogP contribution in [0.3, 0.4) is 0 Å². The van der Waals surface area contributed by atoms with Gasteiger partial charge in [0.1, 0.15) is 5.82 Å². The van der Waals surface area contributed by atoms with Crippen molar-refractivity contribution in [3.8, 4) is 0 Å². The molecule has 1 unspecified atom stereocenters. The second-order valence-corrected chi connectivity index (χ2v) is 8.80. The molecule has 3 aromatic rings. The summed E-state index contributed by atoms with van der Waals surface area (Å²) in [6.45, 7) is 3.75. The predicted octanol–water partition coefficient (Wildman–Crippen LogP) is 3.75. The highest BCUT2D eigenvalue weighted by atomic mass is 16.2. The summed E-state index contributed by atoms with van der Waals surface area (Å²) in [6.07, 6.45) is 4.13. The number of aromatic nitrogens is 2. The summed E-state index contributed by atoms with van der Waals surface area (Å²) < 4.78 is 2.22. The number of hydrogen-bond donors (Lipinski definition) is 1. The molecule has 5 nitrogen and oxygen atoms in total. The summed E-state index contributed by atoms with van der Waals surface area (Å²) in [5, 5.41) is 3.44. The number of para-hydroxylation sites is 2. The molecule has 0 saturated carbocycles. The third-order valence-corrected chi connectivity index (χ3v) is 6.89. The fourth-order valence-corrected chi connectivity index (χ4v) is 5.15. The second kappa shape index (κ2) is 8.23. The number of nitrogens with zero attached hydrogens (tertiary/aromatic N) is 3. The zero-order valence-electron chi connectivity index (χ0n) is 17.7. The van der Waals surface area contributed by atoms with E-state index in [0.29, 0.717) is 11.8 Å². The van der Waals surface area contributed by atoms with Crippen molar-refractivity contribution in [2.45, 2.75) is 31.6 Å². The Kier molecular flexibility index (Phi) is 5.30. The van der Waals surface area contributed by atoms with Crippen molar-refractivity contribution >= 4 is 16.9 Å². The molecule has 5 heteroatoms. The van der Waals surface area contributed by atoms with Gasteiger partial charge in [0.25, 0.3) is 5.91 Å². The third-order valence-electron chi connectivity index (χ3n) is 6.89. The molecule has 0 spiro atoms. The Morgan fingerprint density at radius 1 is 1.07 bits per heavy atom. The number of carbonyl (C=O) groups is 1. The molecular weight excluding hydrogens is 372 g/mol. The fraction of sp³-hybridized carbons (Fsp3) is 0.440. The molecular formula is C25H30N4O. The maximum absolute atomic E-state index is 13.3. The quantitative estimate of drug-likeness (QED) is 0.723. The number of hydrogen-bond acceptors (Lipinski definition) is 3. The molecule has 0 bridgehead atoms. The Bertz CT molecular complexity index is 1040. The van der Waals surface area contributed by atoms with Crippen molar-refractivity contribution in [1.82, 2.24) is 19.8 Å². The maximum Gasteiger partial charge on any atom is 0.254 e. The number of piperidine rings is 1. The van der Waals surface area contributed by atoms with E-state index in [9.17, 15) is 4.79 Å². The first-order valence-corrected chi connectivity index (χ1v) is 11.2. The first kappa shape index (κ1) is 19.3. The standard InChI is InChI=1S/C25H30N4O/c1-28-23-9-5-4-8-22(23)27-24(28)19-11-14-29(15-12-19)25(30)21-7-3-2-6-20(21)16-18-10-13-26-17-18/h2-9,18-19,26H,10-17H2,1H3. The average molecular weight is 403 g/mol. The van der Waals surface area contributed by atoms with Crippen LogP contribution in [0.5, 0.6) is 0 Å². The van der Waals surface area contributed by atoms with Gasteiger partial charge in [0.2, 0.25) is 0 Å². The molecule has 2 aliphatic heterocycles. The molecule has 30 heavy (non-hydrogen) atoms. The summed E-state index contributed by atoms with van der Waals surface area (Å²) in [6, 6.07) is 16.5. The Labute approximate surface area is 178 Å². The van der Waals surface area contributed by atoms with Crippen molar-refractivity contribution in [3.05, 3.63) is 65.5 Å². The number of amides is 1. The number of nitrogens with one attached hydrogen (secondary N) is 1. The van der Waals surface area contributed by atoms with Crippen LogP contribution in [0.15, 0.2) is 48.5 Å². The van der Waals surface area contributed by atoms with Gasteiger partial charge in [-0.1, -0.05) is 30.3 Å². The molecule has 2 saturated heterocycles. The summed E-state index contributed by atoms with van der Waals surface area (Å²) in [5.41, 5.74) is 4.34. The number of benzene rings is 2. The highest BCUT2D eigenvalue weighted by Crippen LogP contribution is 2.30. The van der Waals surface area contributed by atoms with E-state index in [1.165, 1.54) is 17.5 Å². The zero-order chi connectivity index (χ0) is 20.5. The van der Waals surface area contributed by atoms with E-state index in [4.69, 9.17) is 4.98 Å². The van der Waals surface area contributed by atoms with Gasteiger partial charge in [-0.05, 0) is 68.5 Å². The smallest absolute Gasteiger partial charge is 0.254 e. The molecule has 5 rings (SSSR count). The highest BCUT2D eigenvalue weighted by molar-refractivity contribution is 5.95. The van der Waals surface area contributed by atoms with Crippen molar-refractivity contribution in [1.29, 1.82) is 0 Å². The summed E-state index contributed by atoms with van der Waals surface area (Å²) in [4.78, 5) is 20.3. The summed E-state index contributed by atoms with van der Waals surface area (Å²) in [7, 11) is 2.11. The topological polar surface area (TPSA) is 50.2 Å². The Balaban J connectivity index is 1.28. The van der Waals surface area contributed by atoms with Crippen molar-refractivity contribution in [3.63, 3.8) is 0 Å². The Morgan fingerprint density at radius 3 is 2.60 bits per heavy atom. The lowest BCUT2D eigenvalue weighted by Gasteiger charge is -2.32. The van der Waals surface area contributed by atoms with E-state index in [2.05, 4.69) is 47.3 Å². The number of likely N-dealkylation sites (tertiary alicyclic amines) is 1. The normalized spacial score (nSPS) is 20.2. The van der Waals surface area contributed by atoms with Gasteiger partial charge in [0.15, 0.2) is 0 Å². The van der Waals surface area contributed by atoms with Gasteiger partial charge in [-0.3, -0.25) is 4.79 Å². The first-order chi connectivity index (χ1) is 14.7. The van der Waals surface area contributed by atoms with Gasteiger partial charge in [-0.25, -0.2) is 4.98 Å². The van der Waals surface area contributed by atoms with E-state index < -0.39 is 0 Å². The molecule has 2 aromatic carbocycles. The van der Waals surface area contributed by atoms with Crippen LogP contribution in [0.1, 0.15) is 46.9 Å². The number of aryl methyl sites for hydroxylation is 1. The van der Waals surface area contributed by atoms with E-state index >= 15 is 0 Å². The van der Waals surface area contributed by atoms with Crippen LogP contribution in [0.2, 0.25) is 0 Å². The van der Waals surface area contributed by atoms with Crippen LogP contribution in [-0.4, -0.2) is 46.5 Å². The monoisotopic (exact) mass is 402 g/mol. The average Bonchev–Trinajstić information content (AvgIpc) is 3.42. The van der Waals surface area contributed by atoms with Gasteiger partial charge in [-0.2, -0.15) is 0 Å². The van der Waals surface area contributed by atoms with E-state index in [0.717, 1.165) is 62.3 Å². The second-order valence-electron chi connectivity index (χ2n) is 8.80. The molecule has 1 amide bonds. The molecule has 2 aliphatic rings. The first-order valence-electron chi connectivity index (χ1n) is 11.2. The van der Waals surface area contributed by atoms with Crippen LogP contribution < -0.4 is 5.32 Å². The molecule has 0 radical (unpaired) electrons. The van der Waals surface area contributed by atoms with Gasteiger partial charge >= 0.3 is 0 Å². The molecule has 1 N–H and O–H groups in total. The zero-order valence-corrected chi connectivity index (χ0v) is 17.7. The van der Waals surface area contributed by atoms with Crippen LogP contribution >= 0.6 is 0 Å². The van der Waals surface area contributed by atoms with Gasteiger partial charge in [0, 0.05) is 31.6 Å². The van der Waals surface area contributed by atoms with Crippen LogP contribution in [0.4, 0.5) is 0 Å². The van der Waals surface area contributed by atoms with Crippen molar-refractivity contribution in [2.24, 2.45) is 13.0 Å². The van der Waals surface area contributed by atoms with E-state index in [1.54, 1.807) is 0 Å². The van der Waals surface area contributed by atoms with Gasteiger partial charge in [-0.15, -0.1) is 0 Å². The third kappa shape index (κ3) is 3.63. The lowest BCUT2D eigenvalue weighted by Crippen LogP contribution is -2.38. The number of fused-ring (bicyclic) bond motifs is 1. The van der Waals surface area contributed by atoms with Crippen molar-refractivity contribution in [2.75, 3.05) is 26.2 Å². The molecule has 0 aliphatic carbocycles. The van der Waals surface area contributed by atoms with Crippen LogP contribution in [-0.2, 0) is 13.5 Å². The predicted molar refractivity (Wildman–Crippen MR) is 120 cm³/mol. The molecule has 1 atom stereocenters. The lowest BCUT2D eigenvalue weighted by atomic mass is 9.92. The fourth-order valence-electron chi connectivity index (χ4n) is 5.15. The minimum atomic E-state index is 0.194. The Morgan fingerprint density at radius 2 is 1.83 bits per heavy atom. The number of imidazole rings is 1. The van der Waals surface area contributed by atoms with E-state index in [1.807, 2.05) is 23.1 Å². The Hall–Kier alpha value is -2.66. The van der Waals surface area contributed by atoms with E-state index in [-0.39, 0.29) is 5.91 Å². The highest BCUT2D eigenvalue weighted by Gasteiger charge is 2.28.